The summed E-state index contributed by atoms with van der Waals surface area (Å²) in [6.07, 6.45) is 0.312. The van der Waals surface area contributed by atoms with Crippen molar-refractivity contribution in [1.29, 1.82) is 0 Å². The molecule has 0 radical (unpaired) electrons. The number of methoxy groups -OCH3 is 2. The van der Waals surface area contributed by atoms with Gasteiger partial charge in [0.25, 0.3) is 0 Å². The molecule has 138 valence electrons. The maximum Gasteiger partial charge on any atom is 0.224 e. The SMILES string of the molecule is COc1ccc(N(CCNC(=O)Cc2ccccc2)C(C)=O)c(OC)c1. The Morgan fingerprint density at radius 2 is 1.77 bits per heavy atom. The zero-order chi connectivity index (χ0) is 18.9. The number of hydrogen-bond acceptors (Lipinski definition) is 4. The molecule has 0 unspecified atom stereocenters. The van der Waals surface area contributed by atoms with Crippen LogP contribution in [0.2, 0.25) is 0 Å². The summed E-state index contributed by atoms with van der Waals surface area (Å²) in [5, 5.41) is 2.85. The van der Waals surface area contributed by atoms with Gasteiger partial charge < -0.3 is 19.7 Å². The van der Waals surface area contributed by atoms with Gasteiger partial charge in [0.1, 0.15) is 11.5 Å². The van der Waals surface area contributed by atoms with Gasteiger partial charge >= 0.3 is 0 Å². The average Bonchev–Trinajstić information content (AvgIpc) is 2.65. The summed E-state index contributed by atoms with van der Waals surface area (Å²) in [6, 6.07) is 14.8. The summed E-state index contributed by atoms with van der Waals surface area (Å²) in [5.41, 5.74) is 1.59. The van der Waals surface area contributed by atoms with E-state index in [1.54, 1.807) is 30.2 Å². The van der Waals surface area contributed by atoms with Gasteiger partial charge in [-0.15, -0.1) is 0 Å². The first-order valence-electron chi connectivity index (χ1n) is 8.36. The molecule has 0 aliphatic carbocycles. The van der Waals surface area contributed by atoms with E-state index in [0.717, 1.165) is 5.56 Å². The molecule has 0 bridgehead atoms. The quantitative estimate of drug-likeness (QED) is 0.789. The number of carbonyl (C=O) groups excluding carboxylic acids is 2. The second kappa shape index (κ2) is 9.46. The van der Waals surface area contributed by atoms with Crippen LogP contribution in [-0.4, -0.2) is 39.1 Å². The number of hydrogen-bond donors (Lipinski definition) is 1. The minimum Gasteiger partial charge on any atom is -0.497 e. The molecule has 26 heavy (non-hydrogen) atoms. The molecule has 2 amide bonds. The van der Waals surface area contributed by atoms with Crippen LogP contribution in [0, 0.1) is 0 Å². The predicted molar refractivity (Wildman–Crippen MR) is 101 cm³/mol. The molecule has 0 spiro atoms. The highest BCUT2D eigenvalue weighted by Gasteiger charge is 2.17. The van der Waals surface area contributed by atoms with E-state index in [2.05, 4.69) is 5.32 Å². The number of rotatable bonds is 8. The third-order valence-electron chi connectivity index (χ3n) is 3.92. The monoisotopic (exact) mass is 356 g/mol. The van der Waals surface area contributed by atoms with Crippen LogP contribution in [0.4, 0.5) is 5.69 Å². The molecule has 2 rings (SSSR count). The van der Waals surface area contributed by atoms with E-state index in [1.165, 1.54) is 14.0 Å². The fourth-order valence-electron chi connectivity index (χ4n) is 2.61. The Kier molecular flexibility index (Phi) is 7.02. The van der Waals surface area contributed by atoms with E-state index in [9.17, 15) is 9.59 Å². The van der Waals surface area contributed by atoms with Crippen molar-refractivity contribution in [3.63, 3.8) is 0 Å². The van der Waals surface area contributed by atoms with Gasteiger partial charge in [0, 0.05) is 26.1 Å². The molecule has 0 atom stereocenters. The Morgan fingerprint density at radius 1 is 1.04 bits per heavy atom. The van der Waals surface area contributed by atoms with Crippen LogP contribution in [-0.2, 0) is 16.0 Å². The van der Waals surface area contributed by atoms with Crippen LogP contribution < -0.4 is 19.7 Å². The van der Waals surface area contributed by atoms with Crippen molar-refractivity contribution in [1.82, 2.24) is 5.32 Å². The normalized spacial score (nSPS) is 10.1. The van der Waals surface area contributed by atoms with Crippen LogP contribution >= 0.6 is 0 Å². The standard InChI is InChI=1S/C20H24N2O4/c1-15(23)22(18-10-9-17(25-2)14-19(18)26-3)12-11-21-20(24)13-16-7-5-4-6-8-16/h4-10,14H,11-13H2,1-3H3,(H,21,24). The highest BCUT2D eigenvalue weighted by atomic mass is 16.5. The Balaban J connectivity index is 1.98. The number of nitrogens with one attached hydrogen (secondary N) is 1. The molecule has 0 aliphatic heterocycles. The fraction of sp³-hybridized carbons (Fsp3) is 0.300. The smallest absolute Gasteiger partial charge is 0.224 e. The van der Waals surface area contributed by atoms with Gasteiger partial charge in [-0.25, -0.2) is 0 Å². The summed E-state index contributed by atoms with van der Waals surface area (Å²) >= 11 is 0. The average molecular weight is 356 g/mol. The van der Waals surface area contributed by atoms with Crippen molar-refractivity contribution in [2.45, 2.75) is 13.3 Å². The molecule has 1 N–H and O–H groups in total. The molecule has 0 heterocycles. The van der Waals surface area contributed by atoms with Gasteiger partial charge in [0.05, 0.1) is 26.3 Å². The van der Waals surface area contributed by atoms with Gasteiger partial charge in [-0.1, -0.05) is 30.3 Å². The van der Waals surface area contributed by atoms with E-state index < -0.39 is 0 Å². The molecule has 0 aliphatic rings. The van der Waals surface area contributed by atoms with Crippen molar-refractivity contribution in [3.05, 3.63) is 54.1 Å². The molecular weight excluding hydrogens is 332 g/mol. The van der Waals surface area contributed by atoms with Crippen LogP contribution in [0.3, 0.4) is 0 Å². The van der Waals surface area contributed by atoms with Crippen LogP contribution in [0.1, 0.15) is 12.5 Å². The first-order chi connectivity index (χ1) is 12.5. The lowest BCUT2D eigenvalue weighted by molar-refractivity contribution is -0.121. The zero-order valence-electron chi connectivity index (χ0n) is 15.3. The lowest BCUT2D eigenvalue weighted by Crippen LogP contribution is -2.38. The lowest BCUT2D eigenvalue weighted by Gasteiger charge is -2.23. The van der Waals surface area contributed by atoms with E-state index >= 15 is 0 Å². The van der Waals surface area contributed by atoms with Gasteiger partial charge in [0.15, 0.2) is 0 Å². The Labute approximate surface area is 153 Å². The lowest BCUT2D eigenvalue weighted by atomic mass is 10.1. The van der Waals surface area contributed by atoms with Crippen LogP contribution in [0.5, 0.6) is 11.5 Å². The summed E-state index contributed by atoms with van der Waals surface area (Å²) in [4.78, 5) is 25.7. The molecule has 6 heteroatoms. The van der Waals surface area contributed by atoms with E-state index in [1.807, 2.05) is 30.3 Å². The molecule has 2 aromatic carbocycles. The molecule has 0 fully saturated rings. The number of nitrogens with zero attached hydrogens (tertiary/aromatic N) is 1. The first-order valence-corrected chi connectivity index (χ1v) is 8.36. The molecule has 2 aromatic rings. The van der Waals surface area contributed by atoms with Crippen LogP contribution in [0.25, 0.3) is 0 Å². The Bertz CT molecular complexity index is 747. The molecule has 0 aromatic heterocycles. The third-order valence-corrected chi connectivity index (χ3v) is 3.92. The van der Waals surface area contributed by atoms with Crippen LogP contribution in [0.15, 0.2) is 48.5 Å². The zero-order valence-corrected chi connectivity index (χ0v) is 15.3. The van der Waals surface area contributed by atoms with Crippen molar-refractivity contribution in [2.75, 3.05) is 32.2 Å². The Morgan fingerprint density at radius 3 is 2.38 bits per heavy atom. The number of amides is 2. The molecular formula is C20H24N2O4. The van der Waals surface area contributed by atoms with E-state index in [4.69, 9.17) is 9.47 Å². The minimum absolute atomic E-state index is 0.0820. The summed E-state index contributed by atoms with van der Waals surface area (Å²) < 4.78 is 10.5. The van der Waals surface area contributed by atoms with Gasteiger partial charge in [-0.2, -0.15) is 0 Å². The van der Waals surface area contributed by atoms with E-state index in [0.29, 0.717) is 36.7 Å². The minimum atomic E-state index is -0.134. The highest BCUT2D eigenvalue weighted by Crippen LogP contribution is 2.32. The maximum atomic E-state index is 12.1. The van der Waals surface area contributed by atoms with Crippen molar-refractivity contribution in [2.24, 2.45) is 0 Å². The Hall–Kier alpha value is -3.02. The van der Waals surface area contributed by atoms with Crippen molar-refractivity contribution >= 4 is 17.5 Å². The van der Waals surface area contributed by atoms with Gasteiger partial charge in [-0.3, -0.25) is 9.59 Å². The number of benzene rings is 2. The van der Waals surface area contributed by atoms with Crippen molar-refractivity contribution in [3.8, 4) is 11.5 Å². The van der Waals surface area contributed by atoms with Crippen molar-refractivity contribution < 1.29 is 19.1 Å². The first kappa shape index (κ1) is 19.3. The molecule has 6 nitrogen and oxygen atoms in total. The number of carbonyl (C=O) groups is 2. The van der Waals surface area contributed by atoms with E-state index in [-0.39, 0.29) is 11.8 Å². The number of ether oxygens (including phenoxy) is 2. The highest BCUT2D eigenvalue weighted by molar-refractivity contribution is 5.93. The fourth-order valence-corrected chi connectivity index (χ4v) is 2.61. The molecule has 0 saturated heterocycles. The summed E-state index contributed by atoms with van der Waals surface area (Å²) in [7, 11) is 3.11. The van der Waals surface area contributed by atoms with Gasteiger partial charge in [-0.05, 0) is 17.7 Å². The molecule has 0 saturated carbocycles. The summed E-state index contributed by atoms with van der Waals surface area (Å²) in [5.74, 6) is 0.965. The summed E-state index contributed by atoms with van der Waals surface area (Å²) in [6.45, 7) is 2.18. The van der Waals surface area contributed by atoms with Gasteiger partial charge in [0.2, 0.25) is 11.8 Å². The maximum absolute atomic E-state index is 12.1. The second-order valence-electron chi connectivity index (χ2n) is 5.72. The largest absolute Gasteiger partial charge is 0.497 e. The predicted octanol–water partition coefficient (Wildman–Crippen LogP) is 2.42. The number of anilines is 1. The second-order valence-corrected chi connectivity index (χ2v) is 5.72. The topological polar surface area (TPSA) is 67.9 Å². The third kappa shape index (κ3) is 5.24.